The van der Waals surface area contributed by atoms with Gasteiger partial charge in [0.2, 0.25) is 0 Å². The molecule has 0 aliphatic heterocycles. The maximum absolute atomic E-state index is 10.1. The molecule has 0 aromatic heterocycles. The topological polar surface area (TPSA) is 32.3 Å². The molecule has 0 saturated heterocycles. The number of hydrogen-bond donors (Lipinski definition) is 2. The van der Waals surface area contributed by atoms with E-state index in [4.69, 9.17) is 0 Å². The SMILES string of the molecule is CCC(Nc1cc(C)cc(Br)c1)c1cc(Br)ccc1O. The molecule has 0 amide bonds. The number of nitrogens with one attached hydrogen (secondary N) is 1. The number of benzene rings is 2. The van der Waals surface area contributed by atoms with Gasteiger partial charge in [-0.1, -0.05) is 38.8 Å². The summed E-state index contributed by atoms with van der Waals surface area (Å²) in [6.45, 7) is 4.16. The van der Waals surface area contributed by atoms with Crippen LogP contribution >= 0.6 is 31.9 Å². The van der Waals surface area contributed by atoms with Crippen molar-refractivity contribution in [3.63, 3.8) is 0 Å². The van der Waals surface area contributed by atoms with Gasteiger partial charge in [0.15, 0.2) is 0 Å². The van der Waals surface area contributed by atoms with Crippen molar-refractivity contribution in [2.45, 2.75) is 26.3 Å². The Labute approximate surface area is 136 Å². The Morgan fingerprint density at radius 2 is 1.85 bits per heavy atom. The van der Waals surface area contributed by atoms with Crippen molar-refractivity contribution < 1.29 is 5.11 Å². The van der Waals surface area contributed by atoms with Crippen LogP contribution in [0.2, 0.25) is 0 Å². The van der Waals surface area contributed by atoms with E-state index < -0.39 is 0 Å². The molecule has 2 aromatic rings. The summed E-state index contributed by atoms with van der Waals surface area (Å²) in [7, 11) is 0. The van der Waals surface area contributed by atoms with E-state index in [-0.39, 0.29) is 6.04 Å². The maximum Gasteiger partial charge on any atom is 0.120 e. The summed E-state index contributed by atoms with van der Waals surface area (Å²) < 4.78 is 2.02. The number of hydrogen-bond acceptors (Lipinski definition) is 2. The van der Waals surface area contributed by atoms with Gasteiger partial charge < -0.3 is 10.4 Å². The first kappa shape index (κ1) is 15.4. The molecule has 2 N–H and O–H groups in total. The molecule has 0 radical (unpaired) electrons. The van der Waals surface area contributed by atoms with E-state index in [0.717, 1.165) is 26.6 Å². The minimum Gasteiger partial charge on any atom is -0.508 e. The van der Waals surface area contributed by atoms with Crippen molar-refractivity contribution in [2.75, 3.05) is 5.32 Å². The lowest BCUT2D eigenvalue weighted by molar-refractivity contribution is 0.462. The van der Waals surface area contributed by atoms with Crippen molar-refractivity contribution in [1.82, 2.24) is 0 Å². The van der Waals surface area contributed by atoms with Gasteiger partial charge in [-0.05, 0) is 55.3 Å². The highest BCUT2D eigenvalue weighted by atomic mass is 79.9. The smallest absolute Gasteiger partial charge is 0.120 e. The quantitative estimate of drug-likeness (QED) is 0.683. The molecule has 20 heavy (non-hydrogen) atoms. The average Bonchev–Trinajstić information content (AvgIpc) is 2.38. The van der Waals surface area contributed by atoms with E-state index >= 15 is 0 Å². The lowest BCUT2D eigenvalue weighted by Gasteiger charge is -2.20. The van der Waals surface area contributed by atoms with Gasteiger partial charge >= 0.3 is 0 Å². The van der Waals surface area contributed by atoms with Crippen molar-refractivity contribution >= 4 is 37.5 Å². The second kappa shape index (κ2) is 6.64. The predicted molar refractivity (Wildman–Crippen MR) is 91.3 cm³/mol. The highest BCUT2D eigenvalue weighted by Crippen LogP contribution is 2.32. The highest BCUT2D eigenvalue weighted by Gasteiger charge is 2.14. The molecule has 0 heterocycles. The molecule has 2 aromatic carbocycles. The first-order chi connectivity index (χ1) is 9.49. The monoisotopic (exact) mass is 397 g/mol. The Morgan fingerprint density at radius 1 is 1.10 bits per heavy atom. The fourth-order valence-electron chi connectivity index (χ4n) is 2.23. The fraction of sp³-hybridized carbons (Fsp3) is 0.250. The van der Waals surface area contributed by atoms with Crippen LogP contribution in [0.25, 0.3) is 0 Å². The van der Waals surface area contributed by atoms with Gasteiger partial charge in [-0.15, -0.1) is 0 Å². The Balaban J connectivity index is 2.31. The summed E-state index contributed by atoms with van der Waals surface area (Å²) in [5.74, 6) is 0.319. The molecule has 2 rings (SSSR count). The summed E-state index contributed by atoms with van der Waals surface area (Å²) in [6, 6.07) is 11.8. The van der Waals surface area contributed by atoms with E-state index in [1.807, 2.05) is 18.2 Å². The third-order valence-corrected chi connectivity index (χ3v) is 4.11. The number of phenols is 1. The van der Waals surface area contributed by atoms with Crippen molar-refractivity contribution in [3.8, 4) is 5.75 Å². The van der Waals surface area contributed by atoms with Gasteiger partial charge in [0.05, 0.1) is 6.04 Å². The molecule has 0 saturated carbocycles. The number of anilines is 1. The van der Waals surface area contributed by atoms with Gasteiger partial charge in [-0.25, -0.2) is 0 Å². The molecule has 0 aliphatic rings. The molecule has 2 nitrogen and oxygen atoms in total. The summed E-state index contributed by atoms with van der Waals surface area (Å²) in [5.41, 5.74) is 3.14. The standard InChI is InChI=1S/C16H17Br2NO/c1-3-15(14-9-11(17)4-5-16(14)20)19-13-7-10(2)6-12(18)8-13/h4-9,15,19-20H,3H2,1-2H3. The molecule has 0 fully saturated rings. The van der Waals surface area contributed by atoms with Crippen LogP contribution in [0.15, 0.2) is 45.3 Å². The minimum absolute atomic E-state index is 0.0706. The fourth-order valence-corrected chi connectivity index (χ4v) is 3.21. The summed E-state index contributed by atoms with van der Waals surface area (Å²) >= 11 is 6.97. The predicted octanol–water partition coefficient (Wildman–Crippen LogP) is 5.79. The largest absolute Gasteiger partial charge is 0.508 e. The van der Waals surface area contributed by atoms with E-state index in [2.05, 4.69) is 63.2 Å². The Bertz CT molecular complexity index is 593. The van der Waals surface area contributed by atoms with Crippen LogP contribution in [-0.2, 0) is 0 Å². The van der Waals surface area contributed by atoms with Gasteiger partial charge in [-0.2, -0.15) is 0 Å². The molecular formula is C16H17Br2NO. The van der Waals surface area contributed by atoms with E-state index in [1.165, 1.54) is 5.56 Å². The normalized spacial score (nSPS) is 12.2. The van der Waals surface area contributed by atoms with Crippen molar-refractivity contribution in [2.24, 2.45) is 0 Å². The molecule has 106 valence electrons. The lowest BCUT2D eigenvalue weighted by Crippen LogP contribution is -2.10. The molecule has 4 heteroatoms. The first-order valence-electron chi connectivity index (χ1n) is 6.51. The number of phenolic OH excluding ortho intramolecular Hbond substituents is 1. The van der Waals surface area contributed by atoms with Crippen molar-refractivity contribution in [1.29, 1.82) is 0 Å². The lowest BCUT2D eigenvalue weighted by atomic mass is 10.0. The van der Waals surface area contributed by atoms with Gasteiger partial charge in [0, 0.05) is 20.2 Å². The molecule has 1 unspecified atom stereocenters. The van der Waals surface area contributed by atoms with Crippen LogP contribution in [0.1, 0.15) is 30.5 Å². The van der Waals surface area contributed by atoms with Gasteiger partial charge in [-0.3, -0.25) is 0 Å². The van der Waals surface area contributed by atoms with Crippen molar-refractivity contribution in [3.05, 3.63) is 56.5 Å². The van der Waals surface area contributed by atoms with Crippen LogP contribution < -0.4 is 5.32 Å². The van der Waals surface area contributed by atoms with E-state index in [1.54, 1.807) is 6.07 Å². The first-order valence-corrected chi connectivity index (χ1v) is 8.10. The van der Waals surface area contributed by atoms with Crippen LogP contribution in [0.4, 0.5) is 5.69 Å². The Hall–Kier alpha value is -1.00. The molecular weight excluding hydrogens is 382 g/mol. The van der Waals surface area contributed by atoms with Crippen LogP contribution in [0.3, 0.4) is 0 Å². The zero-order valence-electron chi connectivity index (χ0n) is 11.5. The van der Waals surface area contributed by atoms with E-state index in [9.17, 15) is 5.11 Å². The molecule has 0 bridgehead atoms. The third-order valence-electron chi connectivity index (χ3n) is 3.16. The third kappa shape index (κ3) is 3.76. The van der Waals surface area contributed by atoms with Crippen LogP contribution in [-0.4, -0.2) is 5.11 Å². The average molecular weight is 399 g/mol. The summed E-state index contributed by atoms with van der Waals surface area (Å²) in [4.78, 5) is 0. The minimum atomic E-state index is 0.0706. The Morgan fingerprint density at radius 3 is 2.50 bits per heavy atom. The van der Waals surface area contributed by atoms with Crippen LogP contribution in [0.5, 0.6) is 5.75 Å². The number of rotatable bonds is 4. The number of aryl methyl sites for hydroxylation is 1. The zero-order chi connectivity index (χ0) is 14.7. The molecule has 0 spiro atoms. The molecule has 0 aliphatic carbocycles. The Kier molecular flexibility index (Phi) is 5.11. The summed E-state index contributed by atoms with van der Waals surface area (Å²) in [5, 5.41) is 13.5. The van der Waals surface area contributed by atoms with Crippen LogP contribution in [0, 0.1) is 6.92 Å². The highest BCUT2D eigenvalue weighted by molar-refractivity contribution is 9.10. The molecule has 1 atom stereocenters. The van der Waals surface area contributed by atoms with Gasteiger partial charge in [0.1, 0.15) is 5.75 Å². The second-order valence-electron chi connectivity index (χ2n) is 4.83. The summed E-state index contributed by atoms with van der Waals surface area (Å²) in [6.07, 6.45) is 0.884. The second-order valence-corrected chi connectivity index (χ2v) is 6.66. The number of aromatic hydroxyl groups is 1. The maximum atomic E-state index is 10.1. The van der Waals surface area contributed by atoms with Gasteiger partial charge in [0.25, 0.3) is 0 Å². The zero-order valence-corrected chi connectivity index (χ0v) is 14.6. The van der Waals surface area contributed by atoms with E-state index in [0.29, 0.717) is 5.75 Å². The number of halogens is 2.